The number of H-pyrrole nitrogens is 1. The van der Waals surface area contributed by atoms with E-state index in [0.29, 0.717) is 37.5 Å². The minimum absolute atomic E-state index is 0.0324. The van der Waals surface area contributed by atoms with E-state index in [0.717, 1.165) is 11.1 Å². The van der Waals surface area contributed by atoms with Crippen molar-refractivity contribution in [3.05, 3.63) is 60.2 Å². The summed E-state index contributed by atoms with van der Waals surface area (Å²) in [6.07, 6.45) is 1.31. The molecule has 0 unspecified atom stereocenters. The highest BCUT2D eigenvalue weighted by Gasteiger charge is 2.47. The van der Waals surface area contributed by atoms with E-state index in [1.165, 1.54) is 5.06 Å². The summed E-state index contributed by atoms with van der Waals surface area (Å²) >= 11 is 0. The second kappa shape index (κ2) is 8.15. The normalized spacial score (nSPS) is 20.2. The molecule has 2 bridgehead atoms. The van der Waals surface area contributed by atoms with Gasteiger partial charge < -0.3 is 10.2 Å². The zero-order chi connectivity index (χ0) is 21.2. The van der Waals surface area contributed by atoms with Crippen LogP contribution in [0.5, 0.6) is 0 Å². The Morgan fingerprint density at radius 3 is 2.68 bits per heavy atom. The number of fused-ring (bicyclic) bond motifs is 2. The summed E-state index contributed by atoms with van der Waals surface area (Å²) in [6, 6.07) is 16.1. The van der Waals surface area contributed by atoms with Gasteiger partial charge in [-0.1, -0.05) is 30.3 Å². The van der Waals surface area contributed by atoms with Gasteiger partial charge in [-0.25, -0.2) is 9.89 Å². The second-order valence-corrected chi connectivity index (χ2v) is 7.58. The Bertz CT molecular complexity index is 1060. The van der Waals surface area contributed by atoms with Crippen molar-refractivity contribution in [2.24, 2.45) is 0 Å². The quantitative estimate of drug-likeness (QED) is 0.633. The third-order valence-corrected chi connectivity index (χ3v) is 5.61. The lowest BCUT2D eigenvalue weighted by Crippen LogP contribution is -2.47. The van der Waals surface area contributed by atoms with Crippen molar-refractivity contribution in [3.8, 4) is 11.4 Å². The van der Waals surface area contributed by atoms with Gasteiger partial charge in [0.1, 0.15) is 12.6 Å². The van der Waals surface area contributed by atoms with E-state index in [9.17, 15) is 9.59 Å². The average molecular weight is 419 g/mol. The molecular formula is C21H21N7O3. The van der Waals surface area contributed by atoms with Crippen LogP contribution in [0.25, 0.3) is 11.4 Å². The number of rotatable bonds is 6. The number of hydrogen-bond donors (Lipinski definition) is 2. The number of piperidine rings is 1. The van der Waals surface area contributed by atoms with Gasteiger partial charge in [0.25, 0.3) is 0 Å². The van der Waals surface area contributed by atoms with Gasteiger partial charge in [0.05, 0.1) is 6.04 Å². The van der Waals surface area contributed by atoms with Crippen LogP contribution < -0.4 is 5.32 Å². The molecule has 2 fully saturated rings. The maximum absolute atomic E-state index is 12.9. The van der Waals surface area contributed by atoms with Gasteiger partial charge in [0.15, 0.2) is 5.82 Å². The third-order valence-electron chi connectivity index (χ3n) is 5.61. The van der Waals surface area contributed by atoms with Crippen LogP contribution in [0.2, 0.25) is 0 Å². The van der Waals surface area contributed by atoms with Gasteiger partial charge in [-0.3, -0.25) is 9.63 Å². The van der Waals surface area contributed by atoms with Crippen molar-refractivity contribution in [3.63, 3.8) is 0 Å². The summed E-state index contributed by atoms with van der Waals surface area (Å²) in [5.41, 5.74) is 2.45. The molecule has 1 aromatic heterocycles. The fourth-order valence-electron chi connectivity index (χ4n) is 4.01. The highest BCUT2D eigenvalue weighted by atomic mass is 16.7. The summed E-state index contributed by atoms with van der Waals surface area (Å²) in [5, 5.41) is 18.0. The summed E-state index contributed by atoms with van der Waals surface area (Å²) in [6.45, 7) is 0.810. The number of aromatic amines is 1. The van der Waals surface area contributed by atoms with Crippen LogP contribution in [0.1, 0.15) is 18.4 Å². The zero-order valence-corrected chi connectivity index (χ0v) is 16.6. The first kappa shape index (κ1) is 19.2. The molecule has 0 spiro atoms. The molecule has 31 heavy (non-hydrogen) atoms. The van der Waals surface area contributed by atoms with Crippen molar-refractivity contribution in [2.45, 2.75) is 31.5 Å². The standard InChI is InChI=1S/C21H21N7O3/c29-20(22-16-8-6-15(7-9-16)19-23-25-26-24-19)18-11-10-17-12-27(18)21(30)28(17)31-13-14-4-2-1-3-5-14/h1-9,17-18H,10-13H2,(H,22,29)(H,23,24,25,26)/t17-,18-/m0/s1. The number of carbonyl (C=O) groups excluding carboxylic acids is 2. The number of hydroxylamine groups is 2. The molecule has 3 heterocycles. The van der Waals surface area contributed by atoms with Crippen LogP contribution >= 0.6 is 0 Å². The molecule has 0 radical (unpaired) electrons. The molecule has 2 N–H and O–H groups in total. The van der Waals surface area contributed by atoms with Crippen LogP contribution in [0, 0.1) is 0 Å². The van der Waals surface area contributed by atoms with Gasteiger partial charge in [0.2, 0.25) is 5.91 Å². The molecule has 2 aromatic carbocycles. The van der Waals surface area contributed by atoms with E-state index in [4.69, 9.17) is 4.84 Å². The number of tetrazole rings is 1. The van der Waals surface area contributed by atoms with Crippen molar-refractivity contribution in [1.29, 1.82) is 0 Å². The summed E-state index contributed by atoms with van der Waals surface area (Å²) < 4.78 is 0. The molecular weight excluding hydrogens is 398 g/mol. The minimum atomic E-state index is -0.521. The van der Waals surface area contributed by atoms with Crippen LogP contribution in [0.3, 0.4) is 0 Å². The number of nitrogens with one attached hydrogen (secondary N) is 2. The molecule has 0 saturated carbocycles. The van der Waals surface area contributed by atoms with Gasteiger partial charge in [-0.15, -0.1) is 5.10 Å². The molecule has 158 valence electrons. The Kier molecular flexibility index (Phi) is 5.04. The lowest BCUT2D eigenvalue weighted by molar-refractivity contribution is -0.140. The fourth-order valence-corrected chi connectivity index (χ4v) is 4.01. The smallest absolute Gasteiger partial charge is 0.324 e. The lowest BCUT2D eigenvalue weighted by Gasteiger charge is -2.29. The predicted molar refractivity (Wildman–Crippen MR) is 110 cm³/mol. The first-order chi connectivity index (χ1) is 15.2. The average Bonchev–Trinajstić information content (AvgIpc) is 3.42. The lowest BCUT2D eigenvalue weighted by atomic mass is 10.00. The van der Waals surface area contributed by atoms with Crippen LogP contribution in [-0.4, -0.2) is 61.2 Å². The Labute approximate surface area is 178 Å². The van der Waals surface area contributed by atoms with Crippen molar-refractivity contribution in [1.82, 2.24) is 30.6 Å². The summed E-state index contributed by atoms with van der Waals surface area (Å²) in [4.78, 5) is 33.2. The fraction of sp³-hybridized carbons (Fsp3) is 0.286. The number of benzene rings is 2. The van der Waals surface area contributed by atoms with Gasteiger partial charge >= 0.3 is 6.03 Å². The maximum Gasteiger partial charge on any atom is 0.345 e. The Morgan fingerprint density at radius 2 is 1.94 bits per heavy atom. The Morgan fingerprint density at radius 1 is 1.13 bits per heavy atom. The van der Waals surface area contributed by atoms with Gasteiger partial charge in [-0.05, 0) is 53.1 Å². The monoisotopic (exact) mass is 419 g/mol. The molecule has 2 atom stereocenters. The Balaban J connectivity index is 1.21. The predicted octanol–water partition coefficient (Wildman–Crippen LogP) is 2.21. The summed E-state index contributed by atoms with van der Waals surface area (Å²) in [7, 11) is 0. The first-order valence-electron chi connectivity index (χ1n) is 10.1. The molecule has 3 aromatic rings. The molecule has 0 aliphatic carbocycles. The van der Waals surface area contributed by atoms with Crippen LogP contribution in [0.15, 0.2) is 54.6 Å². The zero-order valence-electron chi connectivity index (χ0n) is 16.6. The van der Waals surface area contributed by atoms with Gasteiger partial charge in [-0.2, -0.15) is 5.06 Å². The molecule has 2 saturated heterocycles. The molecule has 10 heteroatoms. The second-order valence-electron chi connectivity index (χ2n) is 7.58. The molecule has 2 aliphatic heterocycles. The SMILES string of the molecule is O=C(Nc1ccc(-c2nnn[nH]2)cc1)[C@@H]1CC[C@H]2CN1C(=O)N2OCc1ccccc1. The number of carbonyl (C=O) groups is 2. The molecule has 5 rings (SSSR count). The van der Waals surface area contributed by atoms with Crippen molar-refractivity contribution in [2.75, 3.05) is 11.9 Å². The highest BCUT2D eigenvalue weighted by molar-refractivity contribution is 5.97. The van der Waals surface area contributed by atoms with Crippen molar-refractivity contribution < 1.29 is 14.4 Å². The van der Waals surface area contributed by atoms with Crippen LogP contribution in [0.4, 0.5) is 10.5 Å². The van der Waals surface area contributed by atoms with E-state index in [1.54, 1.807) is 17.0 Å². The topological polar surface area (TPSA) is 116 Å². The van der Waals surface area contributed by atoms with E-state index in [-0.39, 0.29) is 18.0 Å². The van der Waals surface area contributed by atoms with E-state index >= 15 is 0 Å². The van der Waals surface area contributed by atoms with E-state index < -0.39 is 6.04 Å². The summed E-state index contributed by atoms with van der Waals surface area (Å²) in [5.74, 6) is 0.347. The molecule has 10 nitrogen and oxygen atoms in total. The van der Waals surface area contributed by atoms with E-state index in [2.05, 4.69) is 25.9 Å². The molecule has 3 amide bonds. The number of amides is 3. The third kappa shape index (κ3) is 3.84. The number of aromatic nitrogens is 4. The molecule has 2 aliphatic rings. The largest absolute Gasteiger partial charge is 0.345 e. The van der Waals surface area contributed by atoms with Gasteiger partial charge in [0, 0.05) is 17.8 Å². The van der Waals surface area contributed by atoms with Crippen LogP contribution in [-0.2, 0) is 16.2 Å². The van der Waals surface area contributed by atoms with Crippen molar-refractivity contribution >= 4 is 17.6 Å². The maximum atomic E-state index is 12.9. The Hall–Kier alpha value is -3.79. The number of hydrogen-bond acceptors (Lipinski definition) is 6. The number of anilines is 1. The number of nitrogens with zero attached hydrogens (tertiary/aromatic N) is 5. The number of urea groups is 1. The minimum Gasteiger partial charge on any atom is -0.324 e. The van der Waals surface area contributed by atoms with E-state index in [1.807, 2.05) is 42.5 Å². The first-order valence-corrected chi connectivity index (χ1v) is 10.1. The highest BCUT2D eigenvalue weighted by Crippen LogP contribution is 2.31.